The Bertz CT molecular complexity index is 664. The summed E-state index contributed by atoms with van der Waals surface area (Å²) >= 11 is 0. The molecule has 0 aromatic heterocycles. The predicted octanol–water partition coefficient (Wildman–Crippen LogP) is 4.21. The Labute approximate surface area is 190 Å². The Hall–Kier alpha value is -0.296. The van der Waals surface area contributed by atoms with Gasteiger partial charge in [0.1, 0.15) is 18.3 Å². The number of carbonyl (C=O) groups excluding carboxylic acids is 1. The lowest BCUT2D eigenvalue weighted by molar-refractivity contribution is -0.198. The number of hydrogen-bond acceptors (Lipinski definition) is 7. The lowest BCUT2D eigenvalue weighted by Crippen LogP contribution is -2.62. The standard InChI is InChI=1S/C22H44O7Si2/c1-20(2,3)30(9,10)25-13-14(23)15-16-17(28-22(7,8)27-16)18(19(24)26-15)29-31(11,12)21(4,5)6/h14-18,23H,13H2,1-12H3/t14-,15+,16-,17-,18-/m1/s1. The molecule has 31 heavy (non-hydrogen) atoms. The maximum Gasteiger partial charge on any atom is 0.337 e. The third-order valence-corrected chi connectivity index (χ3v) is 16.3. The minimum atomic E-state index is -2.27. The highest BCUT2D eigenvalue weighted by Gasteiger charge is 2.59. The zero-order valence-corrected chi connectivity index (χ0v) is 23.5. The summed E-state index contributed by atoms with van der Waals surface area (Å²) in [5, 5.41) is 10.9. The lowest BCUT2D eigenvalue weighted by atomic mass is 9.96. The summed E-state index contributed by atoms with van der Waals surface area (Å²) < 4.78 is 30.5. The van der Waals surface area contributed by atoms with Gasteiger partial charge in [-0.15, -0.1) is 0 Å². The summed E-state index contributed by atoms with van der Waals surface area (Å²) in [6, 6.07) is 0. The van der Waals surface area contributed by atoms with Gasteiger partial charge in [0.05, 0.1) is 6.61 Å². The number of aliphatic hydroxyl groups excluding tert-OH is 1. The van der Waals surface area contributed by atoms with E-state index in [9.17, 15) is 9.90 Å². The number of esters is 1. The van der Waals surface area contributed by atoms with Crippen molar-refractivity contribution in [2.45, 2.75) is 128 Å². The molecule has 1 N–H and O–H groups in total. The molecule has 0 aromatic carbocycles. The van der Waals surface area contributed by atoms with Crippen molar-refractivity contribution in [3.05, 3.63) is 0 Å². The van der Waals surface area contributed by atoms with Crippen LogP contribution in [0.5, 0.6) is 0 Å². The average Bonchev–Trinajstić information content (AvgIpc) is 2.88. The quantitative estimate of drug-likeness (QED) is 0.454. The van der Waals surface area contributed by atoms with E-state index in [1.165, 1.54) is 0 Å². The van der Waals surface area contributed by atoms with Gasteiger partial charge in [0, 0.05) is 0 Å². The molecule has 2 saturated heterocycles. The third-order valence-electron chi connectivity index (χ3n) is 7.30. The second-order valence-electron chi connectivity index (χ2n) is 12.4. The van der Waals surface area contributed by atoms with Crippen LogP contribution in [-0.2, 0) is 27.9 Å². The molecule has 0 spiro atoms. The molecule has 182 valence electrons. The molecule has 2 heterocycles. The normalized spacial score (nSPS) is 30.7. The van der Waals surface area contributed by atoms with Crippen LogP contribution in [0.3, 0.4) is 0 Å². The summed E-state index contributed by atoms with van der Waals surface area (Å²) in [6.45, 7) is 24.9. The number of carbonyl (C=O) groups is 1. The minimum absolute atomic E-state index is 0.00948. The molecule has 2 fully saturated rings. The highest BCUT2D eigenvalue weighted by Crippen LogP contribution is 2.43. The molecule has 0 amide bonds. The van der Waals surface area contributed by atoms with Gasteiger partial charge in [-0.05, 0) is 50.1 Å². The molecule has 2 aliphatic rings. The van der Waals surface area contributed by atoms with Crippen LogP contribution in [0.15, 0.2) is 0 Å². The molecule has 7 nitrogen and oxygen atoms in total. The van der Waals surface area contributed by atoms with Crippen LogP contribution >= 0.6 is 0 Å². The van der Waals surface area contributed by atoms with E-state index >= 15 is 0 Å². The first kappa shape index (κ1) is 27.0. The zero-order valence-electron chi connectivity index (χ0n) is 21.5. The van der Waals surface area contributed by atoms with Gasteiger partial charge >= 0.3 is 5.97 Å². The van der Waals surface area contributed by atoms with Gasteiger partial charge < -0.3 is 28.2 Å². The summed E-state index contributed by atoms with van der Waals surface area (Å²) in [5.74, 6) is -1.42. The molecule has 0 unspecified atom stereocenters. The van der Waals surface area contributed by atoms with Crippen molar-refractivity contribution in [1.29, 1.82) is 0 Å². The van der Waals surface area contributed by atoms with Crippen LogP contribution < -0.4 is 0 Å². The predicted molar refractivity (Wildman–Crippen MR) is 125 cm³/mol. The van der Waals surface area contributed by atoms with E-state index in [4.69, 9.17) is 23.1 Å². The van der Waals surface area contributed by atoms with Crippen molar-refractivity contribution in [3.8, 4) is 0 Å². The fraction of sp³-hybridized carbons (Fsp3) is 0.955. The largest absolute Gasteiger partial charge is 0.455 e. The van der Waals surface area contributed by atoms with Gasteiger partial charge in [-0.1, -0.05) is 41.5 Å². The van der Waals surface area contributed by atoms with E-state index in [2.05, 4.69) is 67.7 Å². The van der Waals surface area contributed by atoms with Gasteiger partial charge in [0.15, 0.2) is 34.6 Å². The number of fused-ring (bicyclic) bond motifs is 1. The molecule has 0 radical (unpaired) electrons. The van der Waals surface area contributed by atoms with E-state index in [1.807, 2.05) is 0 Å². The fourth-order valence-electron chi connectivity index (χ4n) is 3.22. The highest BCUT2D eigenvalue weighted by atomic mass is 28.4. The molecular formula is C22H44O7Si2. The SMILES string of the molecule is CC1(C)O[C@@H]2[C@H]([C@H](O)CO[Si](C)(C)C(C)(C)C)OC(=O)[C@H](O[Si](C)(C)C(C)(C)C)[C@@H]2O1. The van der Waals surface area contributed by atoms with Crippen LogP contribution in [0.4, 0.5) is 0 Å². The molecule has 0 aromatic rings. The molecule has 2 aliphatic heterocycles. The summed E-state index contributed by atoms with van der Waals surface area (Å²) in [4.78, 5) is 13.0. The van der Waals surface area contributed by atoms with Crippen molar-refractivity contribution >= 4 is 22.6 Å². The highest BCUT2D eigenvalue weighted by molar-refractivity contribution is 6.74. The Morgan fingerprint density at radius 3 is 1.94 bits per heavy atom. The van der Waals surface area contributed by atoms with E-state index in [-0.39, 0.29) is 16.7 Å². The van der Waals surface area contributed by atoms with Crippen LogP contribution in [0.2, 0.25) is 36.3 Å². The number of hydrogen-bond donors (Lipinski definition) is 1. The lowest BCUT2D eigenvalue weighted by Gasteiger charge is -2.44. The number of ether oxygens (including phenoxy) is 3. The van der Waals surface area contributed by atoms with Gasteiger partial charge in [-0.2, -0.15) is 0 Å². The molecular weight excluding hydrogens is 432 g/mol. The minimum Gasteiger partial charge on any atom is -0.455 e. The number of cyclic esters (lactones) is 1. The summed E-state index contributed by atoms with van der Waals surface area (Å²) in [6.07, 6.45) is -4.03. The zero-order chi connectivity index (χ0) is 24.2. The number of rotatable bonds is 6. The maximum absolute atomic E-state index is 13.0. The van der Waals surface area contributed by atoms with Gasteiger partial charge in [0.2, 0.25) is 0 Å². The summed E-state index contributed by atoms with van der Waals surface area (Å²) in [5.41, 5.74) is 0. The third kappa shape index (κ3) is 5.80. The first-order valence-corrected chi connectivity index (χ1v) is 17.1. The molecule has 0 bridgehead atoms. The van der Waals surface area contributed by atoms with Crippen molar-refractivity contribution in [3.63, 3.8) is 0 Å². The second kappa shape index (κ2) is 8.49. The van der Waals surface area contributed by atoms with Gasteiger partial charge in [-0.25, -0.2) is 4.79 Å². The Morgan fingerprint density at radius 1 is 0.968 bits per heavy atom. The van der Waals surface area contributed by atoms with Crippen LogP contribution in [0.1, 0.15) is 55.4 Å². The summed E-state index contributed by atoms with van der Waals surface area (Å²) in [7, 11) is -4.34. The molecule has 5 atom stereocenters. The topological polar surface area (TPSA) is 83.5 Å². The van der Waals surface area contributed by atoms with Crippen LogP contribution in [0, 0.1) is 0 Å². The molecule has 2 rings (SSSR count). The van der Waals surface area contributed by atoms with Gasteiger partial charge in [0.25, 0.3) is 0 Å². The maximum atomic E-state index is 13.0. The van der Waals surface area contributed by atoms with Crippen molar-refractivity contribution in [1.82, 2.24) is 0 Å². The van der Waals surface area contributed by atoms with Crippen molar-refractivity contribution in [2.75, 3.05) is 6.61 Å². The Morgan fingerprint density at radius 2 is 1.45 bits per heavy atom. The van der Waals surface area contributed by atoms with E-state index in [1.54, 1.807) is 13.8 Å². The molecule has 0 aliphatic carbocycles. The van der Waals surface area contributed by atoms with E-state index in [0.717, 1.165) is 0 Å². The fourth-order valence-corrected chi connectivity index (χ4v) is 5.46. The van der Waals surface area contributed by atoms with E-state index < -0.39 is 58.9 Å². The number of aliphatic hydroxyl groups is 1. The van der Waals surface area contributed by atoms with Crippen molar-refractivity contribution in [2.24, 2.45) is 0 Å². The monoisotopic (exact) mass is 476 g/mol. The average molecular weight is 477 g/mol. The Kier molecular flexibility index (Phi) is 7.38. The Balaban J connectivity index is 2.22. The van der Waals surface area contributed by atoms with Crippen LogP contribution in [-0.4, -0.2) is 70.6 Å². The second-order valence-corrected chi connectivity index (χ2v) is 22.0. The smallest absolute Gasteiger partial charge is 0.337 e. The van der Waals surface area contributed by atoms with Crippen LogP contribution in [0.25, 0.3) is 0 Å². The molecule has 0 saturated carbocycles. The first-order chi connectivity index (χ1) is 13.7. The molecule has 9 heteroatoms. The van der Waals surface area contributed by atoms with Gasteiger partial charge in [-0.3, -0.25) is 0 Å². The first-order valence-electron chi connectivity index (χ1n) is 11.2. The van der Waals surface area contributed by atoms with E-state index in [0.29, 0.717) is 0 Å². The van der Waals surface area contributed by atoms with Crippen molar-refractivity contribution < 1.29 is 33.0 Å².